The van der Waals surface area contributed by atoms with Crippen LogP contribution in [0.3, 0.4) is 0 Å². The number of nitriles is 1. The van der Waals surface area contributed by atoms with E-state index in [1.807, 2.05) is 6.07 Å². The lowest BCUT2D eigenvalue weighted by molar-refractivity contribution is 0.0709. The second kappa shape index (κ2) is 5.79. The zero-order chi connectivity index (χ0) is 13.8. The largest absolute Gasteiger partial charge is 0.322 e. The Morgan fingerprint density at radius 1 is 1.32 bits per heavy atom. The summed E-state index contributed by atoms with van der Waals surface area (Å²) in [5.41, 5.74) is 0.0843. The Balaban J connectivity index is 2.23. The molecule has 1 aliphatic carbocycles. The van der Waals surface area contributed by atoms with Crippen molar-refractivity contribution < 1.29 is 13.6 Å². The predicted octanol–water partition coefficient (Wildman–Crippen LogP) is 2.87. The van der Waals surface area contributed by atoms with Gasteiger partial charge in [-0.2, -0.15) is 5.26 Å². The molecule has 0 unspecified atom stereocenters. The van der Waals surface area contributed by atoms with Crippen LogP contribution in [0, 0.1) is 23.0 Å². The summed E-state index contributed by atoms with van der Waals surface area (Å²) in [4.78, 5) is 13.7. The minimum Gasteiger partial charge on any atom is -0.322 e. The summed E-state index contributed by atoms with van der Waals surface area (Å²) in [6.07, 6.45) is 3.77. The van der Waals surface area contributed by atoms with Crippen molar-refractivity contribution in [3.05, 3.63) is 35.4 Å². The first-order chi connectivity index (χ1) is 9.13. The van der Waals surface area contributed by atoms with Crippen LogP contribution in [0.1, 0.15) is 36.0 Å². The van der Waals surface area contributed by atoms with Gasteiger partial charge in [-0.3, -0.25) is 4.79 Å². The highest BCUT2D eigenvalue weighted by atomic mass is 19.2. The van der Waals surface area contributed by atoms with Gasteiger partial charge in [0.2, 0.25) is 0 Å². The van der Waals surface area contributed by atoms with Crippen LogP contribution in [-0.2, 0) is 0 Å². The molecule has 0 bridgehead atoms. The number of carbonyl (C=O) groups is 1. The zero-order valence-electron chi connectivity index (χ0n) is 10.4. The Bertz CT molecular complexity index is 519. The van der Waals surface area contributed by atoms with Crippen LogP contribution in [0.2, 0.25) is 0 Å². The summed E-state index contributed by atoms with van der Waals surface area (Å²) in [5.74, 6) is -2.44. The van der Waals surface area contributed by atoms with E-state index in [0.717, 1.165) is 37.8 Å². The first-order valence-electron chi connectivity index (χ1n) is 6.26. The summed E-state index contributed by atoms with van der Waals surface area (Å²) in [6.45, 7) is -0.0253. The predicted molar refractivity (Wildman–Crippen MR) is 65.3 cm³/mol. The Labute approximate surface area is 110 Å². The molecular weight excluding hydrogens is 250 g/mol. The molecule has 100 valence electrons. The van der Waals surface area contributed by atoms with Crippen LogP contribution in [0.25, 0.3) is 0 Å². The van der Waals surface area contributed by atoms with Crippen LogP contribution >= 0.6 is 0 Å². The first-order valence-corrected chi connectivity index (χ1v) is 6.26. The fourth-order valence-corrected chi connectivity index (χ4v) is 2.45. The van der Waals surface area contributed by atoms with Crippen molar-refractivity contribution in [3.8, 4) is 6.07 Å². The van der Waals surface area contributed by atoms with Crippen molar-refractivity contribution in [2.24, 2.45) is 0 Å². The van der Waals surface area contributed by atoms with Gasteiger partial charge in [0.05, 0.1) is 6.07 Å². The van der Waals surface area contributed by atoms with E-state index >= 15 is 0 Å². The Morgan fingerprint density at radius 2 is 2.00 bits per heavy atom. The molecule has 19 heavy (non-hydrogen) atoms. The monoisotopic (exact) mass is 264 g/mol. The van der Waals surface area contributed by atoms with Gasteiger partial charge in [0, 0.05) is 11.6 Å². The van der Waals surface area contributed by atoms with Gasteiger partial charge < -0.3 is 4.90 Å². The van der Waals surface area contributed by atoms with E-state index in [1.54, 1.807) is 0 Å². The summed E-state index contributed by atoms with van der Waals surface area (Å²) < 4.78 is 26.0. The van der Waals surface area contributed by atoms with Gasteiger partial charge in [-0.15, -0.1) is 0 Å². The highest BCUT2D eigenvalue weighted by molar-refractivity contribution is 5.94. The molecular formula is C14H14F2N2O. The Morgan fingerprint density at radius 3 is 2.58 bits per heavy atom. The third-order valence-electron chi connectivity index (χ3n) is 3.43. The molecule has 0 saturated heterocycles. The number of halogens is 2. The second-order valence-electron chi connectivity index (χ2n) is 4.66. The number of benzene rings is 1. The van der Waals surface area contributed by atoms with E-state index in [0.29, 0.717) is 0 Å². The van der Waals surface area contributed by atoms with E-state index in [9.17, 15) is 13.6 Å². The SMILES string of the molecule is N#CCN(C(=O)c1ccc(F)c(F)c1)C1CCCC1. The normalized spacial score (nSPS) is 15.2. The zero-order valence-corrected chi connectivity index (χ0v) is 10.4. The molecule has 0 N–H and O–H groups in total. The van der Waals surface area contributed by atoms with E-state index < -0.39 is 17.5 Å². The number of amides is 1. The van der Waals surface area contributed by atoms with Gasteiger partial charge in [-0.05, 0) is 31.0 Å². The quantitative estimate of drug-likeness (QED) is 0.788. The molecule has 1 fully saturated rings. The molecule has 3 nitrogen and oxygen atoms in total. The maximum atomic E-state index is 13.2. The van der Waals surface area contributed by atoms with Crippen molar-refractivity contribution >= 4 is 5.91 Å². The number of rotatable bonds is 3. The highest BCUT2D eigenvalue weighted by Crippen LogP contribution is 2.25. The van der Waals surface area contributed by atoms with Crippen molar-refractivity contribution in [1.29, 1.82) is 5.26 Å². The highest BCUT2D eigenvalue weighted by Gasteiger charge is 2.27. The lowest BCUT2D eigenvalue weighted by Gasteiger charge is -2.26. The molecule has 0 atom stereocenters. The van der Waals surface area contributed by atoms with Gasteiger partial charge in [-0.25, -0.2) is 8.78 Å². The third kappa shape index (κ3) is 2.90. The fourth-order valence-electron chi connectivity index (χ4n) is 2.45. The summed E-state index contributed by atoms with van der Waals surface area (Å²) in [6, 6.07) is 5.05. The molecule has 1 aliphatic rings. The van der Waals surface area contributed by atoms with Crippen LogP contribution in [-0.4, -0.2) is 23.4 Å². The molecule has 0 heterocycles. The molecule has 0 aromatic heterocycles. The summed E-state index contributed by atoms with van der Waals surface area (Å²) in [5, 5.41) is 8.81. The molecule has 0 radical (unpaired) electrons. The van der Waals surface area contributed by atoms with Crippen molar-refractivity contribution in [1.82, 2.24) is 4.90 Å². The van der Waals surface area contributed by atoms with Crippen molar-refractivity contribution in [3.63, 3.8) is 0 Å². The third-order valence-corrected chi connectivity index (χ3v) is 3.43. The number of hydrogen-bond acceptors (Lipinski definition) is 2. The minimum absolute atomic E-state index is 0.0253. The number of hydrogen-bond donors (Lipinski definition) is 0. The van der Waals surface area contributed by atoms with Crippen molar-refractivity contribution in [2.45, 2.75) is 31.7 Å². The van der Waals surface area contributed by atoms with Crippen LogP contribution in [0.4, 0.5) is 8.78 Å². The van der Waals surface area contributed by atoms with Crippen molar-refractivity contribution in [2.75, 3.05) is 6.54 Å². The first kappa shape index (κ1) is 13.5. The van der Waals surface area contributed by atoms with E-state index in [4.69, 9.17) is 5.26 Å². The molecule has 2 rings (SSSR count). The van der Waals surface area contributed by atoms with E-state index in [-0.39, 0.29) is 18.2 Å². The molecule has 0 spiro atoms. The fraction of sp³-hybridized carbons (Fsp3) is 0.429. The van der Waals surface area contributed by atoms with Gasteiger partial charge in [0.25, 0.3) is 5.91 Å². The lowest BCUT2D eigenvalue weighted by atomic mass is 10.1. The number of nitrogens with zero attached hydrogens (tertiary/aromatic N) is 2. The van der Waals surface area contributed by atoms with Gasteiger partial charge >= 0.3 is 0 Å². The van der Waals surface area contributed by atoms with Crippen LogP contribution in [0.15, 0.2) is 18.2 Å². The molecule has 1 amide bonds. The molecule has 1 aromatic carbocycles. The maximum absolute atomic E-state index is 13.2. The Kier molecular flexibility index (Phi) is 4.10. The molecule has 0 aliphatic heterocycles. The van der Waals surface area contributed by atoms with Gasteiger partial charge in [-0.1, -0.05) is 12.8 Å². The summed E-state index contributed by atoms with van der Waals surface area (Å²) >= 11 is 0. The second-order valence-corrected chi connectivity index (χ2v) is 4.66. The topological polar surface area (TPSA) is 44.1 Å². The van der Waals surface area contributed by atoms with Crippen LogP contribution in [0.5, 0.6) is 0 Å². The maximum Gasteiger partial charge on any atom is 0.255 e. The number of carbonyl (C=O) groups excluding carboxylic acids is 1. The average molecular weight is 264 g/mol. The molecule has 1 aromatic rings. The average Bonchev–Trinajstić information content (AvgIpc) is 2.92. The summed E-state index contributed by atoms with van der Waals surface area (Å²) in [7, 11) is 0. The molecule has 1 saturated carbocycles. The smallest absolute Gasteiger partial charge is 0.255 e. The van der Waals surface area contributed by atoms with E-state index in [2.05, 4.69) is 0 Å². The van der Waals surface area contributed by atoms with Crippen LogP contribution < -0.4 is 0 Å². The lowest BCUT2D eigenvalue weighted by Crippen LogP contribution is -2.39. The minimum atomic E-state index is -1.05. The molecule has 5 heteroatoms. The van der Waals surface area contributed by atoms with Gasteiger partial charge in [0.1, 0.15) is 6.54 Å². The Hall–Kier alpha value is -1.96. The van der Waals surface area contributed by atoms with E-state index in [1.165, 1.54) is 11.0 Å². The van der Waals surface area contributed by atoms with Gasteiger partial charge in [0.15, 0.2) is 11.6 Å². The standard InChI is InChI=1S/C14H14F2N2O/c15-12-6-5-10(9-13(12)16)14(19)18(8-7-17)11-3-1-2-4-11/h5-6,9,11H,1-4,8H2.